The summed E-state index contributed by atoms with van der Waals surface area (Å²) in [4.78, 5) is 0. The smallest absolute Gasteiger partial charge is 0.296 e. The molecule has 2 aromatic carbocycles. The lowest BCUT2D eigenvalue weighted by Crippen LogP contribution is -2.22. The Labute approximate surface area is 123 Å². The fourth-order valence-corrected chi connectivity index (χ4v) is 2.44. The number of ether oxygens (including phenoxy) is 2. The molecule has 0 fully saturated rings. The molecule has 0 saturated carbocycles. The van der Waals surface area contributed by atoms with Crippen LogP contribution in [0.15, 0.2) is 42.5 Å². The Bertz CT molecular complexity index is 730. The molecule has 0 amide bonds. The molecular formula is C14H16N2O4S. The zero-order valence-corrected chi connectivity index (χ0v) is 12.5. The number of methoxy groups -OCH3 is 2. The monoisotopic (exact) mass is 308 g/mol. The van der Waals surface area contributed by atoms with Crippen LogP contribution in [0.4, 0.5) is 5.69 Å². The van der Waals surface area contributed by atoms with Gasteiger partial charge < -0.3 is 9.47 Å². The Morgan fingerprint density at radius 1 is 1.00 bits per heavy atom. The van der Waals surface area contributed by atoms with Gasteiger partial charge in [-0.3, -0.25) is 4.72 Å². The van der Waals surface area contributed by atoms with Crippen LogP contribution in [0.25, 0.3) is 11.1 Å². The van der Waals surface area contributed by atoms with Gasteiger partial charge in [-0.1, -0.05) is 30.3 Å². The quantitative estimate of drug-likeness (QED) is 0.883. The Kier molecular flexibility index (Phi) is 4.35. The van der Waals surface area contributed by atoms with Crippen molar-refractivity contribution in [3.8, 4) is 22.6 Å². The maximum absolute atomic E-state index is 11.2. The highest BCUT2D eigenvalue weighted by molar-refractivity contribution is 7.90. The Morgan fingerprint density at radius 2 is 1.62 bits per heavy atom. The summed E-state index contributed by atoms with van der Waals surface area (Å²) in [5, 5.41) is 5.00. The van der Waals surface area contributed by atoms with Crippen LogP contribution in [-0.4, -0.2) is 22.6 Å². The molecule has 0 aliphatic rings. The molecule has 7 heteroatoms. The molecule has 0 aliphatic heterocycles. The highest BCUT2D eigenvalue weighted by Crippen LogP contribution is 2.38. The lowest BCUT2D eigenvalue weighted by atomic mass is 10.0. The van der Waals surface area contributed by atoms with E-state index >= 15 is 0 Å². The highest BCUT2D eigenvalue weighted by Gasteiger charge is 2.15. The minimum Gasteiger partial charge on any atom is -0.496 e. The van der Waals surface area contributed by atoms with E-state index in [9.17, 15) is 8.42 Å². The molecule has 0 bridgehead atoms. The van der Waals surface area contributed by atoms with Crippen LogP contribution in [-0.2, 0) is 10.2 Å². The summed E-state index contributed by atoms with van der Waals surface area (Å²) in [7, 11) is -0.940. The normalized spacial score (nSPS) is 11.0. The lowest BCUT2D eigenvalue weighted by Gasteiger charge is -2.15. The van der Waals surface area contributed by atoms with E-state index in [4.69, 9.17) is 14.6 Å². The lowest BCUT2D eigenvalue weighted by molar-refractivity contribution is 0.406. The number of nitrogens with two attached hydrogens (primary N) is 1. The molecular weight excluding hydrogens is 292 g/mol. The summed E-state index contributed by atoms with van der Waals surface area (Å²) >= 11 is 0. The van der Waals surface area contributed by atoms with E-state index in [0.29, 0.717) is 11.5 Å². The molecule has 0 saturated heterocycles. The van der Waals surface area contributed by atoms with Gasteiger partial charge in [0, 0.05) is 11.6 Å². The van der Waals surface area contributed by atoms with Crippen molar-refractivity contribution in [1.82, 2.24) is 0 Å². The van der Waals surface area contributed by atoms with Gasteiger partial charge in [0.2, 0.25) is 0 Å². The molecule has 0 aliphatic carbocycles. The van der Waals surface area contributed by atoms with Gasteiger partial charge in [-0.25, -0.2) is 5.14 Å². The first-order chi connectivity index (χ1) is 9.94. The van der Waals surface area contributed by atoms with E-state index in [1.54, 1.807) is 6.07 Å². The molecule has 0 unspecified atom stereocenters. The van der Waals surface area contributed by atoms with Gasteiger partial charge in [-0.15, -0.1) is 0 Å². The third-order valence-electron chi connectivity index (χ3n) is 2.86. The largest absolute Gasteiger partial charge is 0.496 e. The van der Waals surface area contributed by atoms with Crippen molar-refractivity contribution in [3.63, 3.8) is 0 Å². The van der Waals surface area contributed by atoms with Crippen LogP contribution < -0.4 is 19.3 Å². The predicted octanol–water partition coefficient (Wildman–Crippen LogP) is 1.99. The fraction of sp³-hybridized carbons (Fsp3) is 0.143. The Morgan fingerprint density at radius 3 is 2.14 bits per heavy atom. The standard InChI is InChI=1S/C14H16N2O4S/c1-19-13-9-12(16-21(15,17)18)14(20-2)8-11(13)10-6-4-3-5-7-10/h3-9,16H,1-2H3,(H2,15,17,18). The zero-order chi connectivity index (χ0) is 15.5. The molecule has 0 heterocycles. The summed E-state index contributed by atoms with van der Waals surface area (Å²) in [6, 6.07) is 12.8. The highest BCUT2D eigenvalue weighted by atomic mass is 32.2. The molecule has 112 valence electrons. The minimum absolute atomic E-state index is 0.219. The summed E-state index contributed by atoms with van der Waals surface area (Å²) in [5.41, 5.74) is 1.93. The first kappa shape index (κ1) is 15.1. The van der Waals surface area contributed by atoms with Crippen molar-refractivity contribution < 1.29 is 17.9 Å². The third-order valence-corrected chi connectivity index (χ3v) is 3.36. The van der Waals surface area contributed by atoms with Gasteiger partial charge in [0.1, 0.15) is 11.5 Å². The first-order valence-electron chi connectivity index (χ1n) is 6.06. The van der Waals surface area contributed by atoms with Gasteiger partial charge >= 0.3 is 0 Å². The summed E-state index contributed by atoms with van der Waals surface area (Å²) < 4.78 is 35.1. The first-order valence-corrected chi connectivity index (χ1v) is 7.61. The molecule has 0 aromatic heterocycles. The van der Waals surface area contributed by atoms with E-state index in [1.165, 1.54) is 20.3 Å². The molecule has 0 atom stereocenters. The van der Waals surface area contributed by atoms with E-state index in [2.05, 4.69) is 4.72 Å². The molecule has 0 radical (unpaired) electrons. The number of nitrogens with one attached hydrogen (secondary N) is 1. The maximum Gasteiger partial charge on any atom is 0.296 e. The number of benzene rings is 2. The Hall–Kier alpha value is -2.25. The molecule has 2 aromatic rings. The summed E-state index contributed by atoms with van der Waals surface area (Å²) in [5.74, 6) is 0.858. The van der Waals surface area contributed by atoms with Gasteiger partial charge in [-0.05, 0) is 11.6 Å². The van der Waals surface area contributed by atoms with Gasteiger partial charge in [0.25, 0.3) is 10.2 Å². The number of hydrogen-bond acceptors (Lipinski definition) is 4. The summed E-state index contributed by atoms with van der Waals surface area (Å²) in [6.07, 6.45) is 0. The third kappa shape index (κ3) is 3.65. The molecule has 0 spiro atoms. The van der Waals surface area contributed by atoms with Crippen LogP contribution in [0.1, 0.15) is 0 Å². The van der Waals surface area contributed by atoms with E-state index in [1.807, 2.05) is 30.3 Å². The van der Waals surface area contributed by atoms with Crippen LogP contribution >= 0.6 is 0 Å². The second-order valence-corrected chi connectivity index (χ2v) is 5.56. The molecule has 2 rings (SSSR count). The minimum atomic E-state index is -3.90. The van der Waals surface area contributed by atoms with Crippen LogP contribution in [0.2, 0.25) is 0 Å². The SMILES string of the molecule is COc1cc(-c2ccccc2)c(OC)cc1NS(N)(=O)=O. The molecule has 21 heavy (non-hydrogen) atoms. The second-order valence-electron chi connectivity index (χ2n) is 4.27. The van der Waals surface area contributed by atoms with E-state index in [0.717, 1.165) is 11.1 Å². The van der Waals surface area contributed by atoms with Crippen LogP contribution in [0.5, 0.6) is 11.5 Å². The number of anilines is 1. The van der Waals surface area contributed by atoms with Crippen molar-refractivity contribution >= 4 is 15.9 Å². The zero-order valence-electron chi connectivity index (χ0n) is 11.7. The Balaban J connectivity index is 2.59. The average Bonchev–Trinajstić information content (AvgIpc) is 2.46. The number of hydrogen-bond donors (Lipinski definition) is 2. The van der Waals surface area contributed by atoms with Gasteiger partial charge in [0.05, 0.1) is 19.9 Å². The molecule has 6 nitrogen and oxygen atoms in total. The summed E-state index contributed by atoms with van der Waals surface area (Å²) in [6.45, 7) is 0. The second kappa shape index (κ2) is 6.02. The van der Waals surface area contributed by atoms with Crippen molar-refractivity contribution in [2.45, 2.75) is 0 Å². The van der Waals surface area contributed by atoms with E-state index < -0.39 is 10.2 Å². The van der Waals surface area contributed by atoms with Crippen molar-refractivity contribution in [2.75, 3.05) is 18.9 Å². The van der Waals surface area contributed by atoms with E-state index in [-0.39, 0.29) is 5.69 Å². The predicted molar refractivity (Wildman–Crippen MR) is 81.7 cm³/mol. The fourth-order valence-electron chi connectivity index (χ4n) is 1.97. The topological polar surface area (TPSA) is 90.7 Å². The van der Waals surface area contributed by atoms with Crippen molar-refractivity contribution in [3.05, 3.63) is 42.5 Å². The van der Waals surface area contributed by atoms with Crippen LogP contribution in [0, 0.1) is 0 Å². The van der Waals surface area contributed by atoms with Crippen molar-refractivity contribution in [1.29, 1.82) is 0 Å². The average molecular weight is 308 g/mol. The molecule has 3 N–H and O–H groups in total. The van der Waals surface area contributed by atoms with Gasteiger partial charge in [-0.2, -0.15) is 8.42 Å². The number of rotatable bonds is 5. The van der Waals surface area contributed by atoms with Gasteiger partial charge in [0.15, 0.2) is 0 Å². The maximum atomic E-state index is 11.2. The van der Waals surface area contributed by atoms with Crippen molar-refractivity contribution in [2.24, 2.45) is 5.14 Å². The van der Waals surface area contributed by atoms with Crippen LogP contribution in [0.3, 0.4) is 0 Å².